The lowest BCUT2D eigenvalue weighted by Gasteiger charge is -1.99. The topological polar surface area (TPSA) is 37.3 Å². The van der Waals surface area contributed by atoms with E-state index in [4.69, 9.17) is 5.11 Å². The van der Waals surface area contributed by atoms with Gasteiger partial charge in [0.2, 0.25) is 0 Å². The van der Waals surface area contributed by atoms with Crippen LogP contribution in [0.3, 0.4) is 0 Å². The van der Waals surface area contributed by atoms with E-state index in [0.29, 0.717) is 0 Å². The second kappa shape index (κ2) is 3.38. The van der Waals surface area contributed by atoms with Crippen molar-refractivity contribution in [2.45, 2.75) is 6.92 Å². The molecule has 0 bridgehead atoms. The van der Waals surface area contributed by atoms with Gasteiger partial charge < -0.3 is 5.11 Å². The van der Waals surface area contributed by atoms with Crippen LogP contribution in [0, 0.1) is 5.92 Å². The summed E-state index contributed by atoms with van der Waals surface area (Å²) in [4.78, 5) is 10.4. The Bertz CT molecular complexity index is 96.7. The molecule has 0 aliphatic rings. The average molecular weight is 114 g/mol. The van der Waals surface area contributed by atoms with Gasteiger partial charge in [0, 0.05) is 0 Å². The molecule has 0 aromatic rings. The second-order valence-electron chi connectivity index (χ2n) is 1.64. The molecule has 0 aromatic carbocycles. The molecule has 0 heterocycles. The zero-order chi connectivity index (χ0) is 6.57. The molecule has 1 atom stereocenters. The third kappa shape index (κ3) is 1.89. The largest absolute Gasteiger partial charge is 0.395 e. The molecule has 0 saturated carbocycles. The van der Waals surface area contributed by atoms with Crippen molar-refractivity contribution in [3.63, 3.8) is 0 Å². The van der Waals surface area contributed by atoms with Crippen LogP contribution in [0.2, 0.25) is 0 Å². The van der Waals surface area contributed by atoms with Crippen molar-refractivity contribution in [3.05, 3.63) is 12.7 Å². The number of ketones is 1. The van der Waals surface area contributed by atoms with Crippen molar-refractivity contribution >= 4 is 5.78 Å². The van der Waals surface area contributed by atoms with E-state index in [1.54, 1.807) is 0 Å². The number of hydrogen-bond donors (Lipinski definition) is 1. The van der Waals surface area contributed by atoms with Gasteiger partial charge in [-0.05, 0) is 6.92 Å². The monoisotopic (exact) mass is 114 g/mol. The molecule has 0 aliphatic carbocycles. The molecule has 0 aliphatic heterocycles. The fourth-order valence-electron chi connectivity index (χ4n) is 0.369. The minimum atomic E-state index is -0.366. The summed E-state index contributed by atoms with van der Waals surface area (Å²) in [7, 11) is 0. The molecule has 0 fully saturated rings. The number of rotatable bonds is 3. The molecule has 0 amide bonds. The highest BCUT2D eigenvalue weighted by Gasteiger charge is 2.05. The quantitative estimate of drug-likeness (QED) is 0.538. The molecule has 1 N–H and O–H groups in total. The molecular formula is C6H10O2. The zero-order valence-electron chi connectivity index (χ0n) is 4.92. The first-order chi connectivity index (χ1) is 3.72. The third-order valence-electron chi connectivity index (χ3n) is 1.00. The van der Waals surface area contributed by atoms with Gasteiger partial charge in [-0.15, -0.1) is 6.58 Å². The molecule has 0 aromatic heterocycles. The SMILES string of the molecule is C=C[C@@H](CO)C(C)=O. The van der Waals surface area contributed by atoms with Crippen LogP contribution >= 0.6 is 0 Å². The molecule has 0 rings (SSSR count). The molecule has 2 heteroatoms. The summed E-state index contributed by atoms with van der Waals surface area (Å²) in [5.41, 5.74) is 0. The molecule has 46 valence electrons. The van der Waals surface area contributed by atoms with Crippen molar-refractivity contribution in [2.75, 3.05) is 6.61 Å². The van der Waals surface area contributed by atoms with Gasteiger partial charge in [-0.2, -0.15) is 0 Å². The molecular weight excluding hydrogens is 104 g/mol. The van der Waals surface area contributed by atoms with E-state index in [0.717, 1.165) is 0 Å². The fourth-order valence-corrected chi connectivity index (χ4v) is 0.369. The predicted molar refractivity (Wildman–Crippen MR) is 31.5 cm³/mol. The van der Waals surface area contributed by atoms with Crippen LogP contribution in [0.15, 0.2) is 12.7 Å². The summed E-state index contributed by atoms with van der Waals surface area (Å²) in [6.45, 7) is 4.68. The van der Waals surface area contributed by atoms with E-state index < -0.39 is 0 Å². The van der Waals surface area contributed by atoms with Gasteiger partial charge in [0.05, 0.1) is 12.5 Å². The summed E-state index contributed by atoms with van der Waals surface area (Å²) >= 11 is 0. The maximum absolute atomic E-state index is 10.4. The highest BCUT2D eigenvalue weighted by atomic mass is 16.3. The normalized spacial score (nSPS) is 12.8. The average Bonchev–Trinajstić information content (AvgIpc) is 1.69. The number of carbonyl (C=O) groups excluding carboxylic acids is 1. The molecule has 0 radical (unpaired) electrons. The van der Waals surface area contributed by atoms with Gasteiger partial charge in [0.1, 0.15) is 5.78 Å². The minimum absolute atomic E-state index is 0.0394. The number of Topliss-reactive ketones (excluding diaryl/α,β-unsaturated/α-hetero) is 1. The van der Waals surface area contributed by atoms with E-state index in [9.17, 15) is 4.79 Å². The summed E-state index contributed by atoms with van der Waals surface area (Å²) < 4.78 is 0. The lowest BCUT2D eigenvalue weighted by molar-refractivity contribution is -0.120. The minimum Gasteiger partial charge on any atom is -0.395 e. The van der Waals surface area contributed by atoms with Gasteiger partial charge in [-0.1, -0.05) is 6.08 Å². The Labute approximate surface area is 48.8 Å². The number of hydrogen-bond acceptors (Lipinski definition) is 2. The van der Waals surface area contributed by atoms with Crippen molar-refractivity contribution in [2.24, 2.45) is 5.92 Å². The lowest BCUT2D eigenvalue weighted by atomic mass is 10.1. The standard InChI is InChI=1S/C6H10O2/c1-3-6(4-7)5(2)8/h3,6-7H,1,4H2,2H3/t6-/m0/s1. The van der Waals surface area contributed by atoms with Crippen LogP contribution in [-0.4, -0.2) is 17.5 Å². The van der Waals surface area contributed by atoms with Crippen LogP contribution in [0.4, 0.5) is 0 Å². The Morgan fingerprint density at radius 1 is 2.00 bits per heavy atom. The summed E-state index contributed by atoms with van der Waals surface area (Å²) in [6, 6.07) is 0. The van der Waals surface area contributed by atoms with Crippen molar-refractivity contribution in [3.8, 4) is 0 Å². The predicted octanol–water partition coefficient (Wildman–Crippen LogP) is 0.370. The Morgan fingerprint density at radius 3 is 2.50 bits per heavy atom. The third-order valence-corrected chi connectivity index (χ3v) is 1.00. The molecule has 2 nitrogen and oxygen atoms in total. The van der Waals surface area contributed by atoms with Gasteiger partial charge in [0.15, 0.2) is 0 Å². The first-order valence-electron chi connectivity index (χ1n) is 2.46. The van der Waals surface area contributed by atoms with Crippen molar-refractivity contribution in [1.29, 1.82) is 0 Å². The number of aliphatic hydroxyl groups excluding tert-OH is 1. The van der Waals surface area contributed by atoms with E-state index in [1.165, 1.54) is 13.0 Å². The summed E-state index contributed by atoms with van der Waals surface area (Å²) in [5.74, 6) is -0.405. The summed E-state index contributed by atoms with van der Waals surface area (Å²) in [5, 5.41) is 8.40. The zero-order valence-corrected chi connectivity index (χ0v) is 4.92. The van der Waals surface area contributed by atoms with E-state index in [1.807, 2.05) is 0 Å². The number of carbonyl (C=O) groups is 1. The molecule has 0 unspecified atom stereocenters. The maximum Gasteiger partial charge on any atom is 0.138 e. The van der Waals surface area contributed by atoms with Crippen LogP contribution < -0.4 is 0 Å². The van der Waals surface area contributed by atoms with Crippen LogP contribution in [0.5, 0.6) is 0 Å². The van der Waals surface area contributed by atoms with Crippen LogP contribution in [0.25, 0.3) is 0 Å². The number of aliphatic hydroxyl groups is 1. The first kappa shape index (κ1) is 7.37. The van der Waals surface area contributed by atoms with Gasteiger partial charge >= 0.3 is 0 Å². The Kier molecular flexibility index (Phi) is 3.12. The molecule has 0 spiro atoms. The van der Waals surface area contributed by atoms with Gasteiger partial charge in [-0.25, -0.2) is 0 Å². The fraction of sp³-hybridized carbons (Fsp3) is 0.500. The van der Waals surface area contributed by atoms with Crippen molar-refractivity contribution < 1.29 is 9.90 Å². The van der Waals surface area contributed by atoms with Gasteiger partial charge in [-0.3, -0.25) is 4.79 Å². The highest BCUT2D eigenvalue weighted by molar-refractivity contribution is 5.79. The summed E-state index contributed by atoms with van der Waals surface area (Å²) in [6.07, 6.45) is 1.45. The highest BCUT2D eigenvalue weighted by Crippen LogP contribution is 1.95. The first-order valence-corrected chi connectivity index (χ1v) is 2.46. The maximum atomic E-state index is 10.4. The second-order valence-corrected chi connectivity index (χ2v) is 1.64. The van der Waals surface area contributed by atoms with Gasteiger partial charge in [0.25, 0.3) is 0 Å². The molecule has 8 heavy (non-hydrogen) atoms. The molecule has 0 saturated heterocycles. The van der Waals surface area contributed by atoms with E-state index in [2.05, 4.69) is 6.58 Å². The lowest BCUT2D eigenvalue weighted by Crippen LogP contribution is -2.11. The van der Waals surface area contributed by atoms with E-state index in [-0.39, 0.29) is 18.3 Å². The Hall–Kier alpha value is -0.630. The Morgan fingerprint density at radius 2 is 2.50 bits per heavy atom. The Balaban J connectivity index is 3.69. The van der Waals surface area contributed by atoms with E-state index >= 15 is 0 Å². The van der Waals surface area contributed by atoms with Crippen LogP contribution in [0.1, 0.15) is 6.92 Å². The van der Waals surface area contributed by atoms with Crippen molar-refractivity contribution in [1.82, 2.24) is 0 Å². The smallest absolute Gasteiger partial charge is 0.138 e. The van der Waals surface area contributed by atoms with Crippen LogP contribution in [-0.2, 0) is 4.79 Å².